The Hall–Kier alpha value is -1.82. The molecular formula is C9H9N3. The molecule has 1 aromatic rings. The van der Waals surface area contributed by atoms with Crippen molar-refractivity contribution in [3.05, 3.63) is 23.8 Å². The van der Waals surface area contributed by atoms with E-state index in [9.17, 15) is 0 Å². The normalized spacial score (nSPS) is 8.67. The zero-order valence-electron chi connectivity index (χ0n) is 6.83. The highest BCUT2D eigenvalue weighted by Gasteiger charge is 1.96. The number of rotatable bonds is 2. The molecule has 0 aliphatic heterocycles. The number of nitriles is 1. The second-order valence-corrected chi connectivity index (χ2v) is 2.39. The van der Waals surface area contributed by atoms with E-state index in [-0.39, 0.29) is 0 Å². The molecule has 0 bridgehead atoms. The van der Waals surface area contributed by atoms with E-state index in [1.54, 1.807) is 6.07 Å². The smallest absolute Gasteiger partial charge is 0.181 e. The summed E-state index contributed by atoms with van der Waals surface area (Å²) >= 11 is 0. The van der Waals surface area contributed by atoms with Crippen LogP contribution in [0, 0.1) is 18.4 Å². The van der Waals surface area contributed by atoms with Crippen LogP contribution in [0.1, 0.15) is 5.56 Å². The molecule has 0 heterocycles. The number of aliphatic imine (C=N–C) groups is 1. The van der Waals surface area contributed by atoms with Crippen molar-refractivity contribution in [1.82, 2.24) is 0 Å². The molecule has 0 saturated carbocycles. The van der Waals surface area contributed by atoms with E-state index in [0.717, 1.165) is 16.9 Å². The number of aryl methyl sites for hydroxylation is 1. The average molecular weight is 159 g/mol. The van der Waals surface area contributed by atoms with Crippen LogP contribution in [0.15, 0.2) is 23.2 Å². The lowest BCUT2D eigenvalue weighted by Crippen LogP contribution is -1.89. The number of nitrogens with one attached hydrogen (secondary N) is 1. The van der Waals surface area contributed by atoms with Gasteiger partial charge in [-0.1, -0.05) is 6.07 Å². The number of nitrogens with zero attached hydrogens (tertiary/aromatic N) is 2. The molecule has 0 spiro atoms. The third kappa shape index (κ3) is 1.61. The van der Waals surface area contributed by atoms with Crippen molar-refractivity contribution in [2.24, 2.45) is 4.99 Å². The fraction of sp³-hybridized carbons (Fsp3) is 0.111. The molecule has 0 unspecified atom stereocenters. The second-order valence-electron chi connectivity index (χ2n) is 2.39. The second kappa shape index (κ2) is 3.54. The summed E-state index contributed by atoms with van der Waals surface area (Å²) < 4.78 is 0. The fourth-order valence-electron chi connectivity index (χ4n) is 0.903. The summed E-state index contributed by atoms with van der Waals surface area (Å²) in [6.07, 6.45) is 1.86. The van der Waals surface area contributed by atoms with Gasteiger partial charge in [0.25, 0.3) is 0 Å². The van der Waals surface area contributed by atoms with Crippen molar-refractivity contribution in [3.63, 3.8) is 0 Å². The molecule has 1 N–H and O–H groups in total. The number of anilines is 1. The highest BCUT2D eigenvalue weighted by Crippen LogP contribution is 2.21. The lowest BCUT2D eigenvalue weighted by atomic mass is 10.2. The van der Waals surface area contributed by atoms with E-state index in [0.29, 0.717) is 0 Å². The molecular weight excluding hydrogens is 150 g/mol. The maximum Gasteiger partial charge on any atom is 0.181 e. The first-order valence-electron chi connectivity index (χ1n) is 3.50. The molecule has 12 heavy (non-hydrogen) atoms. The molecule has 0 radical (unpaired) electrons. The van der Waals surface area contributed by atoms with Crippen molar-refractivity contribution in [2.75, 3.05) is 5.32 Å². The van der Waals surface area contributed by atoms with Crippen molar-refractivity contribution >= 4 is 18.1 Å². The third-order valence-corrected chi connectivity index (χ3v) is 1.59. The van der Waals surface area contributed by atoms with Crippen LogP contribution in [-0.2, 0) is 0 Å². The first-order chi connectivity index (χ1) is 5.77. The molecule has 3 nitrogen and oxygen atoms in total. The number of hydrogen-bond acceptors (Lipinski definition) is 3. The molecule has 0 saturated heterocycles. The summed E-state index contributed by atoms with van der Waals surface area (Å²) in [6, 6.07) is 5.53. The molecule has 0 aromatic heterocycles. The van der Waals surface area contributed by atoms with Crippen molar-refractivity contribution in [3.8, 4) is 6.19 Å². The van der Waals surface area contributed by atoms with E-state index in [4.69, 9.17) is 5.26 Å². The predicted octanol–water partition coefficient (Wildman–Crippen LogP) is 2.22. The molecule has 60 valence electrons. The van der Waals surface area contributed by atoms with Crippen LogP contribution >= 0.6 is 0 Å². The van der Waals surface area contributed by atoms with E-state index in [2.05, 4.69) is 17.0 Å². The van der Waals surface area contributed by atoms with Crippen molar-refractivity contribution < 1.29 is 0 Å². The lowest BCUT2D eigenvalue weighted by molar-refractivity contribution is 1.40. The van der Waals surface area contributed by atoms with Gasteiger partial charge in [0.15, 0.2) is 6.19 Å². The van der Waals surface area contributed by atoms with Gasteiger partial charge in [-0.2, -0.15) is 5.26 Å². The molecule has 0 atom stereocenters. The minimum atomic E-state index is 0.762. The predicted molar refractivity (Wildman–Crippen MR) is 49.6 cm³/mol. The van der Waals surface area contributed by atoms with E-state index in [1.165, 1.54) is 0 Å². The van der Waals surface area contributed by atoms with Crippen molar-refractivity contribution in [2.45, 2.75) is 6.92 Å². The largest absolute Gasteiger partial charge is 0.292 e. The van der Waals surface area contributed by atoms with Gasteiger partial charge < -0.3 is 0 Å². The van der Waals surface area contributed by atoms with E-state index >= 15 is 0 Å². The van der Waals surface area contributed by atoms with Crippen LogP contribution in [0.2, 0.25) is 0 Å². The maximum atomic E-state index is 8.40. The highest BCUT2D eigenvalue weighted by atomic mass is 14.9. The molecule has 0 fully saturated rings. The Morgan fingerprint density at radius 3 is 2.92 bits per heavy atom. The molecule has 0 aliphatic rings. The summed E-state index contributed by atoms with van der Waals surface area (Å²) in [7, 11) is 0. The molecule has 1 rings (SSSR count). The van der Waals surface area contributed by atoms with Crippen LogP contribution in [0.25, 0.3) is 0 Å². The summed E-state index contributed by atoms with van der Waals surface area (Å²) in [6.45, 7) is 5.32. The minimum absolute atomic E-state index is 0.762. The molecule has 3 heteroatoms. The quantitative estimate of drug-likeness (QED) is 0.408. The standard InChI is InChI=1S/C9H9N3/c1-7-3-4-8(11-2)5-9(7)12-6-10/h3-5,12H,2H2,1H3. The van der Waals surface area contributed by atoms with Crippen LogP contribution in [0.3, 0.4) is 0 Å². The Labute approximate surface area is 71.4 Å². The van der Waals surface area contributed by atoms with Crippen LogP contribution in [0.4, 0.5) is 11.4 Å². The molecule has 0 amide bonds. The third-order valence-electron chi connectivity index (χ3n) is 1.59. The Morgan fingerprint density at radius 1 is 1.58 bits per heavy atom. The monoisotopic (exact) mass is 159 g/mol. The maximum absolute atomic E-state index is 8.40. The van der Waals surface area contributed by atoms with E-state index < -0.39 is 0 Å². The molecule has 1 aromatic carbocycles. The van der Waals surface area contributed by atoms with Gasteiger partial charge >= 0.3 is 0 Å². The zero-order chi connectivity index (χ0) is 8.97. The first-order valence-corrected chi connectivity index (χ1v) is 3.50. The Bertz CT molecular complexity index is 336. The lowest BCUT2D eigenvalue weighted by Gasteiger charge is -2.02. The summed E-state index contributed by atoms with van der Waals surface area (Å²) in [5.74, 6) is 0. The first kappa shape index (κ1) is 8.28. The van der Waals surface area contributed by atoms with Gasteiger partial charge in [-0.05, 0) is 31.3 Å². The average Bonchev–Trinajstić information content (AvgIpc) is 2.09. The Kier molecular flexibility index (Phi) is 2.44. The van der Waals surface area contributed by atoms with Gasteiger partial charge in [-0.15, -0.1) is 0 Å². The summed E-state index contributed by atoms with van der Waals surface area (Å²) in [5.41, 5.74) is 2.56. The van der Waals surface area contributed by atoms with Gasteiger partial charge in [-0.25, -0.2) is 0 Å². The number of benzene rings is 1. The fourth-order valence-corrected chi connectivity index (χ4v) is 0.903. The van der Waals surface area contributed by atoms with Gasteiger partial charge in [0.2, 0.25) is 0 Å². The highest BCUT2D eigenvalue weighted by molar-refractivity contribution is 5.61. The van der Waals surface area contributed by atoms with Gasteiger partial charge in [-0.3, -0.25) is 10.3 Å². The Morgan fingerprint density at radius 2 is 2.33 bits per heavy atom. The topological polar surface area (TPSA) is 48.2 Å². The van der Waals surface area contributed by atoms with Gasteiger partial charge in [0, 0.05) is 0 Å². The minimum Gasteiger partial charge on any atom is -0.292 e. The van der Waals surface area contributed by atoms with Crippen molar-refractivity contribution in [1.29, 1.82) is 5.26 Å². The Balaban J connectivity index is 3.09. The van der Waals surface area contributed by atoms with Gasteiger partial charge in [0.1, 0.15) is 0 Å². The summed E-state index contributed by atoms with van der Waals surface area (Å²) in [4.78, 5) is 3.76. The zero-order valence-corrected chi connectivity index (χ0v) is 6.83. The van der Waals surface area contributed by atoms with E-state index in [1.807, 2.05) is 25.2 Å². The van der Waals surface area contributed by atoms with Crippen LogP contribution in [0.5, 0.6) is 0 Å². The summed E-state index contributed by atoms with van der Waals surface area (Å²) in [5, 5.41) is 11.0. The van der Waals surface area contributed by atoms with Gasteiger partial charge in [0.05, 0.1) is 11.4 Å². The van der Waals surface area contributed by atoms with Crippen LogP contribution in [-0.4, -0.2) is 6.72 Å². The molecule has 0 aliphatic carbocycles. The number of hydrogen-bond donors (Lipinski definition) is 1. The SMILES string of the molecule is C=Nc1ccc(C)c(NC#N)c1. The van der Waals surface area contributed by atoms with Crippen LogP contribution < -0.4 is 5.32 Å².